The molecule has 1 unspecified atom stereocenters. The summed E-state index contributed by atoms with van der Waals surface area (Å²) in [5.74, 6) is -2.55. The summed E-state index contributed by atoms with van der Waals surface area (Å²) in [7, 11) is 0. The predicted octanol–water partition coefficient (Wildman–Crippen LogP) is 14.9. The van der Waals surface area contributed by atoms with Crippen LogP contribution in [-0.4, -0.2) is 158 Å². The van der Waals surface area contributed by atoms with E-state index in [1.54, 1.807) is 13.8 Å². The number of hydrogen-bond donors (Lipinski definition) is 1. The highest BCUT2D eigenvalue weighted by Crippen LogP contribution is 2.21. The maximum atomic E-state index is 12.1. The van der Waals surface area contributed by atoms with Crippen molar-refractivity contribution < 1.29 is 114 Å². The zero-order valence-corrected chi connectivity index (χ0v) is 63.4. The van der Waals surface area contributed by atoms with Gasteiger partial charge in [-0.1, -0.05) is 40.0 Å². The second-order valence-corrected chi connectivity index (χ2v) is 26.6. The molecule has 0 aromatic carbocycles. The van der Waals surface area contributed by atoms with Crippen LogP contribution in [0.4, 0.5) is 4.79 Å². The maximum Gasteiger partial charge on any atom is 0.407 e. The third-order valence-electron chi connectivity index (χ3n) is 16.9. The van der Waals surface area contributed by atoms with Gasteiger partial charge >= 0.3 is 71.8 Å². The average Bonchev–Trinajstić information content (AvgIpc) is 0.953. The fourth-order valence-electron chi connectivity index (χ4n) is 9.84. The van der Waals surface area contributed by atoms with Crippen molar-refractivity contribution in [1.82, 2.24) is 5.32 Å². The Morgan fingerprint density at radius 2 is 0.490 bits per heavy atom. The molecule has 0 aliphatic rings. The lowest BCUT2D eigenvalue weighted by Crippen LogP contribution is -2.32. The molecule has 590 valence electrons. The Bertz CT molecular complexity index is 2240. The van der Waals surface area contributed by atoms with Crippen LogP contribution in [0.2, 0.25) is 0 Å². The first-order valence-corrected chi connectivity index (χ1v) is 39.0. The van der Waals surface area contributed by atoms with Gasteiger partial charge in [-0.25, -0.2) is 4.79 Å². The van der Waals surface area contributed by atoms with Crippen LogP contribution in [0.25, 0.3) is 0 Å². The molecule has 0 aromatic heterocycles. The van der Waals surface area contributed by atoms with Crippen molar-refractivity contribution in [3.05, 3.63) is 0 Å². The van der Waals surface area contributed by atoms with Crippen molar-refractivity contribution in [2.75, 3.05) is 85.8 Å². The Hall–Kier alpha value is -6.56. The van der Waals surface area contributed by atoms with Crippen LogP contribution in [0.15, 0.2) is 0 Å². The van der Waals surface area contributed by atoms with E-state index >= 15 is 0 Å². The molecule has 1 N–H and O–H groups in total. The van der Waals surface area contributed by atoms with E-state index in [0.29, 0.717) is 218 Å². The molecule has 0 aromatic rings. The van der Waals surface area contributed by atoms with E-state index < -0.39 is 11.5 Å². The van der Waals surface area contributed by atoms with Crippen molar-refractivity contribution in [3.8, 4) is 0 Å². The molecule has 0 heterocycles. The van der Waals surface area contributed by atoms with E-state index in [1.165, 1.54) is 0 Å². The molecule has 1 amide bonds. The van der Waals surface area contributed by atoms with Crippen molar-refractivity contribution in [1.29, 1.82) is 0 Å². The van der Waals surface area contributed by atoms with Crippen LogP contribution < -0.4 is 5.32 Å². The zero-order chi connectivity index (χ0) is 75.2. The lowest BCUT2D eigenvalue weighted by molar-refractivity contribution is -0.154. The number of hydrogen-bond acceptors (Lipinski definition) is 24. The molecule has 102 heavy (non-hydrogen) atoms. The highest BCUT2D eigenvalue weighted by molar-refractivity contribution is 5.76. The molecule has 0 radical (unpaired) electrons. The predicted molar refractivity (Wildman–Crippen MR) is 382 cm³/mol. The lowest BCUT2D eigenvalue weighted by atomic mass is 9.91. The monoisotopic (exact) mass is 1460 g/mol. The zero-order valence-electron chi connectivity index (χ0n) is 63.4. The van der Waals surface area contributed by atoms with E-state index in [0.717, 1.165) is 51.4 Å². The summed E-state index contributed by atoms with van der Waals surface area (Å²) in [5.41, 5.74) is -0.566. The number of carbonyl (C=O) groups excluding carboxylic acids is 12. The number of esters is 11. The number of nitrogens with one attached hydrogen (secondary N) is 1. The normalized spacial score (nSPS) is 11.3. The summed E-state index contributed by atoms with van der Waals surface area (Å²) in [6.07, 6.45) is 27.4. The van der Waals surface area contributed by atoms with Gasteiger partial charge in [0.2, 0.25) is 0 Å². The molecule has 0 bridgehead atoms. The van der Waals surface area contributed by atoms with Crippen LogP contribution in [0.3, 0.4) is 0 Å². The topological polar surface area (TPSA) is 328 Å². The Morgan fingerprint density at radius 1 is 0.265 bits per heavy atom. The van der Waals surface area contributed by atoms with Crippen LogP contribution >= 0.6 is 0 Å². The van der Waals surface area contributed by atoms with Gasteiger partial charge in [-0.3, -0.25) is 52.7 Å². The first kappa shape index (κ1) is 95.4. The second-order valence-electron chi connectivity index (χ2n) is 26.6. The molecule has 25 nitrogen and oxygen atoms in total. The first-order chi connectivity index (χ1) is 49.3. The smallest absolute Gasteiger partial charge is 0.407 e. The van der Waals surface area contributed by atoms with Crippen LogP contribution in [-0.2, 0) is 110 Å². The Morgan fingerprint density at radius 3 is 0.706 bits per heavy atom. The van der Waals surface area contributed by atoms with Gasteiger partial charge in [0.15, 0.2) is 0 Å². The molecule has 0 rings (SSSR count). The van der Waals surface area contributed by atoms with Crippen LogP contribution in [0.1, 0.15) is 324 Å². The SMILES string of the molecule is CCCCC(CC)COC(=O)CCCCCOC(=O)CCCCCOC(=O)CCCCCOC(=O)CCCCCOC(=O)CCCCCOC(=O)CCCCCOC(=O)CCCCCOC(=O)CCCCCOC(=O)CCCCCOC(=O)CCCCCOC(=O)NCCOC(=O)C(C)(C)CC. The van der Waals surface area contributed by atoms with E-state index in [9.17, 15) is 57.5 Å². The number of carbonyl (C=O) groups is 12. The van der Waals surface area contributed by atoms with Crippen molar-refractivity contribution in [3.63, 3.8) is 0 Å². The van der Waals surface area contributed by atoms with Crippen molar-refractivity contribution in [2.24, 2.45) is 11.3 Å². The molecule has 1 atom stereocenters. The molecule has 0 aliphatic heterocycles. The van der Waals surface area contributed by atoms with E-state index in [-0.39, 0.29) is 177 Å². The van der Waals surface area contributed by atoms with E-state index in [2.05, 4.69) is 19.2 Å². The van der Waals surface area contributed by atoms with Crippen LogP contribution in [0, 0.1) is 11.3 Å². The molecule has 25 heteroatoms. The summed E-state index contributed by atoms with van der Waals surface area (Å²) < 4.78 is 63.4. The van der Waals surface area contributed by atoms with E-state index in [4.69, 9.17) is 56.8 Å². The van der Waals surface area contributed by atoms with Gasteiger partial charge in [-0.05, 0) is 225 Å². The molecule has 0 aliphatic carbocycles. The number of amides is 1. The Balaban J connectivity index is 3.55. The van der Waals surface area contributed by atoms with Gasteiger partial charge < -0.3 is 62.2 Å². The van der Waals surface area contributed by atoms with Crippen molar-refractivity contribution in [2.45, 2.75) is 324 Å². The quantitative estimate of drug-likeness (QED) is 0.0336. The fourth-order valence-corrected chi connectivity index (χ4v) is 9.84. The third-order valence-corrected chi connectivity index (χ3v) is 16.9. The van der Waals surface area contributed by atoms with Crippen LogP contribution in [0.5, 0.6) is 0 Å². The summed E-state index contributed by atoms with van der Waals surface area (Å²) in [5, 5.41) is 2.54. The molecule has 0 spiro atoms. The van der Waals surface area contributed by atoms with Gasteiger partial charge in [-0.2, -0.15) is 0 Å². The highest BCUT2D eigenvalue weighted by atomic mass is 16.6. The molecular formula is C77H133NO24. The number of unbranched alkanes of at least 4 members (excludes halogenated alkanes) is 21. The van der Waals surface area contributed by atoms with Gasteiger partial charge in [0.05, 0.1) is 84.6 Å². The first-order valence-electron chi connectivity index (χ1n) is 39.0. The highest BCUT2D eigenvalue weighted by Gasteiger charge is 2.27. The molecule has 0 saturated heterocycles. The number of ether oxygens (including phenoxy) is 12. The van der Waals surface area contributed by atoms with Gasteiger partial charge in [0, 0.05) is 64.2 Å². The minimum atomic E-state index is -0.589. The Kier molecular flexibility index (Phi) is 64.4. The number of alkyl carbamates (subject to hydrolysis) is 1. The second kappa shape index (κ2) is 68.8. The number of rotatable bonds is 71. The molecule has 0 saturated carbocycles. The Labute approximate surface area is 609 Å². The lowest BCUT2D eigenvalue weighted by Gasteiger charge is -2.20. The minimum Gasteiger partial charge on any atom is -0.466 e. The molecular weight excluding hydrogens is 1320 g/mol. The van der Waals surface area contributed by atoms with Gasteiger partial charge in [-0.15, -0.1) is 0 Å². The van der Waals surface area contributed by atoms with Gasteiger partial charge in [0.25, 0.3) is 0 Å². The van der Waals surface area contributed by atoms with E-state index in [1.807, 2.05) is 6.92 Å². The maximum absolute atomic E-state index is 12.1. The van der Waals surface area contributed by atoms with Gasteiger partial charge in [0.1, 0.15) is 6.61 Å². The van der Waals surface area contributed by atoms with Crippen molar-refractivity contribution >= 4 is 71.8 Å². The molecule has 0 fully saturated rings. The summed E-state index contributed by atoms with van der Waals surface area (Å²) in [4.78, 5) is 145. The fraction of sp³-hybridized carbons (Fsp3) is 0.844. The minimum absolute atomic E-state index is 0.0687. The summed E-state index contributed by atoms with van der Waals surface area (Å²) in [6.45, 7) is 13.3. The standard InChI is InChI=1S/C77H133NO24/c1-6-9-40-64(7-2)63-102-74(88)50-29-18-38-60-99-72(86)48-27-16-36-58-97-70(84)46-25-14-34-56-95-68(82)44-23-12-32-54-93-66(80)42-21-10-30-52-91-65(79)41-20-11-31-53-92-67(81)43-22-13-33-55-94-69(83)45-24-15-35-57-96-71(85)47-26-17-37-59-98-73(87)49-28-19-39-61-101-76(90)78-51-62-100-75(89)77(4,5)8-3/h64H,6-63H2,1-5H3,(H,78,90). The third kappa shape index (κ3) is 65.5. The average molecular weight is 1460 g/mol. The summed E-state index contributed by atoms with van der Waals surface area (Å²) in [6, 6.07) is 0. The largest absolute Gasteiger partial charge is 0.466 e. The summed E-state index contributed by atoms with van der Waals surface area (Å²) >= 11 is 0.